The van der Waals surface area contributed by atoms with E-state index >= 15 is 0 Å². The molecule has 0 unspecified atom stereocenters. The first kappa shape index (κ1) is 18.9. The average Bonchev–Trinajstić information content (AvgIpc) is 2.96. The number of aromatic nitrogens is 2. The lowest BCUT2D eigenvalue weighted by Crippen LogP contribution is -2.14. The second-order valence-corrected chi connectivity index (χ2v) is 6.33. The number of nitrogens with one attached hydrogen (secondary N) is 1. The summed E-state index contributed by atoms with van der Waals surface area (Å²) in [7, 11) is 3.26. The van der Waals surface area contributed by atoms with Crippen LogP contribution in [0.3, 0.4) is 0 Å². The molecule has 0 spiro atoms. The molecule has 0 saturated heterocycles. The highest BCUT2D eigenvalue weighted by Gasteiger charge is 2.13. The summed E-state index contributed by atoms with van der Waals surface area (Å²) in [4.78, 5) is 0. The van der Waals surface area contributed by atoms with E-state index in [0.29, 0.717) is 24.6 Å². The fourth-order valence-electron chi connectivity index (χ4n) is 3.09. The van der Waals surface area contributed by atoms with E-state index in [-0.39, 0.29) is 5.82 Å². The predicted molar refractivity (Wildman–Crippen MR) is 103 cm³/mol. The number of methoxy groups -OCH3 is 2. The molecule has 1 N–H and O–H groups in total. The lowest BCUT2D eigenvalue weighted by Gasteiger charge is -2.11. The zero-order valence-electron chi connectivity index (χ0n) is 16.0. The van der Waals surface area contributed by atoms with Crippen molar-refractivity contribution in [1.29, 1.82) is 0 Å². The van der Waals surface area contributed by atoms with Crippen LogP contribution in [0.1, 0.15) is 22.5 Å². The first-order valence-corrected chi connectivity index (χ1v) is 8.76. The summed E-state index contributed by atoms with van der Waals surface area (Å²) in [5.41, 5.74) is 5.09. The van der Waals surface area contributed by atoms with Gasteiger partial charge in [0.2, 0.25) is 0 Å². The highest BCUT2D eigenvalue weighted by atomic mass is 19.1. The van der Waals surface area contributed by atoms with E-state index in [1.165, 1.54) is 12.1 Å². The summed E-state index contributed by atoms with van der Waals surface area (Å²) in [6.45, 7) is 5.39. The Morgan fingerprint density at radius 2 is 1.67 bits per heavy atom. The minimum absolute atomic E-state index is 0.253. The normalized spacial score (nSPS) is 10.9. The van der Waals surface area contributed by atoms with E-state index in [9.17, 15) is 4.39 Å². The Kier molecular flexibility index (Phi) is 5.76. The van der Waals surface area contributed by atoms with Gasteiger partial charge in [-0.25, -0.2) is 9.07 Å². The summed E-state index contributed by atoms with van der Waals surface area (Å²) in [5, 5.41) is 8.06. The second kappa shape index (κ2) is 8.22. The van der Waals surface area contributed by atoms with Crippen molar-refractivity contribution in [3.8, 4) is 17.2 Å². The van der Waals surface area contributed by atoms with Crippen molar-refractivity contribution >= 4 is 0 Å². The third kappa shape index (κ3) is 4.11. The highest BCUT2D eigenvalue weighted by molar-refractivity contribution is 5.43. The summed E-state index contributed by atoms with van der Waals surface area (Å²) in [5.74, 6) is 1.18. The van der Waals surface area contributed by atoms with Gasteiger partial charge in [0.1, 0.15) is 5.82 Å². The van der Waals surface area contributed by atoms with E-state index in [1.54, 1.807) is 26.4 Å². The van der Waals surface area contributed by atoms with Gasteiger partial charge in [0.15, 0.2) is 11.5 Å². The molecule has 142 valence electrons. The molecule has 27 heavy (non-hydrogen) atoms. The average molecular weight is 369 g/mol. The van der Waals surface area contributed by atoms with Crippen molar-refractivity contribution in [2.24, 2.45) is 0 Å². The van der Waals surface area contributed by atoms with Crippen LogP contribution in [0.25, 0.3) is 5.69 Å². The minimum Gasteiger partial charge on any atom is -0.493 e. The van der Waals surface area contributed by atoms with Crippen LogP contribution in [-0.4, -0.2) is 24.0 Å². The number of hydrogen-bond acceptors (Lipinski definition) is 4. The molecular weight excluding hydrogens is 345 g/mol. The van der Waals surface area contributed by atoms with Crippen molar-refractivity contribution in [2.75, 3.05) is 14.2 Å². The first-order chi connectivity index (χ1) is 13.0. The summed E-state index contributed by atoms with van der Waals surface area (Å²) < 4.78 is 25.6. The van der Waals surface area contributed by atoms with Crippen LogP contribution in [-0.2, 0) is 13.1 Å². The Balaban J connectivity index is 1.71. The predicted octanol–water partition coefficient (Wildman–Crippen LogP) is 3.94. The Hall–Kier alpha value is -2.86. The van der Waals surface area contributed by atoms with Crippen LogP contribution in [0.15, 0.2) is 42.5 Å². The SMILES string of the molecule is COc1ccc(CNCc2c(C)nn(-c3ccc(F)cc3)c2C)cc1OC. The first-order valence-electron chi connectivity index (χ1n) is 8.76. The molecule has 0 saturated carbocycles. The third-order valence-corrected chi connectivity index (χ3v) is 4.59. The summed E-state index contributed by atoms with van der Waals surface area (Å²) >= 11 is 0. The smallest absolute Gasteiger partial charge is 0.161 e. The second-order valence-electron chi connectivity index (χ2n) is 6.33. The molecule has 0 aliphatic rings. The van der Waals surface area contributed by atoms with Gasteiger partial charge in [-0.2, -0.15) is 5.10 Å². The molecule has 0 amide bonds. The largest absolute Gasteiger partial charge is 0.493 e. The number of rotatable bonds is 7. The lowest BCUT2D eigenvalue weighted by molar-refractivity contribution is 0.354. The van der Waals surface area contributed by atoms with Crippen molar-refractivity contribution in [3.63, 3.8) is 0 Å². The zero-order chi connectivity index (χ0) is 19.4. The van der Waals surface area contributed by atoms with Gasteiger partial charge in [0, 0.05) is 24.3 Å². The zero-order valence-corrected chi connectivity index (χ0v) is 16.0. The van der Waals surface area contributed by atoms with E-state index in [2.05, 4.69) is 10.4 Å². The molecule has 0 aliphatic carbocycles. The van der Waals surface area contributed by atoms with Gasteiger partial charge in [-0.15, -0.1) is 0 Å². The van der Waals surface area contributed by atoms with E-state index in [1.807, 2.05) is 36.7 Å². The number of nitrogens with zero attached hydrogens (tertiary/aromatic N) is 2. The van der Waals surface area contributed by atoms with Gasteiger partial charge in [0.25, 0.3) is 0 Å². The van der Waals surface area contributed by atoms with Crippen LogP contribution in [0.5, 0.6) is 11.5 Å². The van der Waals surface area contributed by atoms with Crippen molar-refractivity contribution in [3.05, 3.63) is 70.8 Å². The number of benzene rings is 2. The van der Waals surface area contributed by atoms with Gasteiger partial charge in [-0.05, 0) is 55.8 Å². The fourth-order valence-corrected chi connectivity index (χ4v) is 3.09. The topological polar surface area (TPSA) is 48.3 Å². The molecule has 3 rings (SSSR count). The van der Waals surface area contributed by atoms with Gasteiger partial charge in [-0.3, -0.25) is 0 Å². The van der Waals surface area contributed by atoms with Gasteiger partial charge >= 0.3 is 0 Å². The maximum atomic E-state index is 13.2. The van der Waals surface area contributed by atoms with Crippen LogP contribution in [0.4, 0.5) is 4.39 Å². The Morgan fingerprint density at radius 1 is 0.963 bits per heavy atom. The lowest BCUT2D eigenvalue weighted by atomic mass is 10.1. The van der Waals surface area contributed by atoms with Crippen molar-refractivity contribution in [1.82, 2.24) is 15.1 Å². The standard InChI is InChI=1S/C21H24FN3O2/c1-14-19(15(2)25(24-14)18-8-6-17(22)7-9-18)13-23-12-16-5-10-20(26-3)21(11-16)27-4/h5-11,23H,12-13H2,1-4H3. The Bertz CT molecular complexity index is 920. The summed E-state index contributed by atoms with van der Waals surface area (Å²) in [6.07, 6.45) is 0. The molecule has 0 atom stereocenters. The summed E-state index contributed by atoms with van der Waals surface area (Å²) in [6, 6.07) is 12.2. The molecule has 2 aromatic carbocycles. The quantitative estimate of drug-likeness (QED) is 0.685. The maximum Gasteiger partial charge on any atom is 0.161 e. The molecule has 3 aromatic rings. The Labute approximate surface area is 158 Å². The Morgan fingerprint density at radius 3 is 2.33 bits per heavy atom. The van der Waals surface area contributed by atoms with Crippen LogP contribution in [0.2, 0.25) is 0 Å². The number of ether oxygens (including phenoxy) is 2. The highest BCUT2D eigenvalue weighted by Crippen LogP contribution is 2.27. The monoisotopic (exact) mass is 369 g/mol. The molecule has 1 aromatic heterocycles. The maximum absolute atomic E-state index is 13.2. The van der Waals surface area contributed by atoms with E-state index in [4.69, 9.17) is 9.47 Å². The van der Waals surface area contributed by atoms with Crippen LogP contribution >= 0.6 is 0 Å². The molecule has 6 heteroatoms. The van der Waals surface area contributed by atoms with Crippen LogP contribution < -0.4 is 14.8 Å². The molecule has 5 nitrogen and oxygen atoms in total. The van der Waals surface area contributed by atoms with Gasteiger partial charge in [0.05, 0.1) is 25.6 Å². The molecule has 0 aliphatic heterocycles. The number of hydrogen-bond donors (Lipinski definition) is 1. The molecule has 0 bridgehead atoms. The van der Waals surface area contributed by atoms with Gasteiger partial charge < -0.3 is 14.8 Å². The molecule has 1 heterocycles. The van der Waals surface area contributed by atoms with Crippen molar-refractivity contribution in [2.45, 2.75) is 26.9 Å². The van der Waals surface area contributed by atoms with Gasteiger partial charge in [-0.1, -0.05) is 6.07 Å². The van der Waals surface area contributed by atoms with E-state index < -0.39 is 0 Å². The number of aryl methyl sites for hydroxylation is 1. The minimum atomic E-state index is -0.253. The number of halogens is 1. The fraction of sp³-hybridized carbons (Fsp3) is 0.286. The van der Waals surface area contributed by atoms with Crippen LogP contribution in [0, 0.1) is 19.7 Å². The van der Waals surface area contributed by atoms with Crippen molar-refractivity contribution < 1.29 is 13.9 Å². The third-order valence-electron chi connectivity index (χ3n) is 4.59. The molecule has 0 fully saturated rings. The molecule has 0 radical (unpaired) electrons. The molecular formula is C21H24FN3O2. The van der Waals surface area contributed by atoms with E-state index in [0.717, 1.165) is 28.2 Å².